The summed E-state index contributed by atoms with van der Waals surface area (Å²) >= 11 is 0. The summed E-state index contributed by atoms with van der Waals surface area (Å²) < 4.78 is 22.3. The van der Waals surface area contributed by atoms with Gasteiger partial charge in [0.1, 0.15) is 0 Å². The summed E-state index contributed by atoms with van der Waals surface area (Å²) in [7, 11) is -3.16. The number of hydrogen-bond acceptors (Lipinski definition) is 4. The monoisotopic (exact) mass is 218 g/mol. The standard InChI is InChI=1S/C9H15O4P/c1-3-12-14(11,13-4-2)9-6-5-8(10)7-9/h7H,3-6H2,1-2H3. The fraction of sp³-hybridized carbons (Fsp3) is 0.667. The molecule has 0 aliphatic heterocycles. The second-order valence-electron chi connectivity index (χ2n) is 2.94. The lowest BCUT2D eigenvalue weighted by molar-refractivity contribution is -0.114. The van der Waals surface area contributed by atoms with Gasteiger partial charge in [0.25, 0.3) is 0 Å². The van der Waals surface area contributed by atoms with E-state index in [0.717, 1.165) is 0 Å². The predicted octanol–water partition coefficient (Wildman–Crippen LogP) is 2.50. The van der Waals surface area contributed by atoms with Gasteiger partial charge in [-0.05, 0) is 26.3 Å². The van der Waals surface area contributed by atoms with Crippen LogP contribution in [0.3, 0.4) is 0 Å². The molecule has 0 saturated carbocycles. The van der Waals surface area contributed by atoms with Crippen LogP contribution in [-0.2, 0) is 18.4 Å². The van der Waals surface area contributed by atoms with E-state index in [2.05, 4.69) is 0 Å². The van der Waals surface area contributed by atoms with E-state index in [0.29, 0.717) is 31.4 Å². The molecule has 1 rings (SSSR count). The van der Waals surface area contributed by atoms with Crippen molar-refractivity contribution in [3.05, 3.63) is 11.4 Å². The molecule has 14 heavy (non-hydrogen) atoms. The van der Waals surface area contributed by atoms with Gasteiger partial charge in [-0.15, -0.1) is 0 Å². The summed E-state index contributed by atoms with van der Waals surface area (Å²) in [6.45, 7) is 4.15. The lowest BCUT2D eigenvalue weighted by atomic mass is 10.3. The van der Waals surface area contributed by atoms with E-state index in [1.807, 2.05) is 0 Å². The van der Waals surface area contributed by atoms with E-state index in [1.54, 1.807) is 13.8 Å². The molecule has 0 N–H and O–H groups in total. The Labute approximate surface area is 83.8 Å². The van der Waals surface area contributed by atoms with Gasteiger partial charge in [-0.1, -0.05) is 0 Å². The van der Waals surface area contributed by atoms with Crippen LogP contribution in [-0.4, -0.2) is 19.0 Å². The van der Waals surface area contributed by atoms with Crippen molar-refractivity contribution in [3.63, 3.8) is 0 Å². The molecule has 0 bridgehead atoms. The van der Waals surface area contributed by atoms with Gasteiger partial charge in [0, 0.05) is 11.7 Å². The Hall–Kier alpha value is -0.440. The predicted molar refractivity (Wildman–Crippen MR) is 53.2 cm³/mol. The van der Waals surface area contributed by atoms with Crippen LogP contribution in [0, 0.1) is 0 Å². The first-order valence-corrected chi connectivity index (χ1v) is 6.29. The zero-order chi connectivity index (χ0) is 10.6. The minimum atomic E-state index is -3.16. The van der Waals surface area contributed by atoms with Crippen LogP contribution in [0.5, 0.6) is 0 Å². The van der Waals surface area contributed by atoms with Gasteiger partial charge in [-0.25, -0.2) is 0 Å². The third kappa shape index (κ3) is 2.53. The van der Waals surface area contributed by atoms with Crippen molar-refractivity contribution in [2.75, 3.05) is 13.2 Å². The van der Waals surface area contributed by atoms with E-state index in [1.165, 1.54) is 6.08 Å². The van der Waals surface area contributed by atoms with E-state index in [-0.39, 0.29) is 5.78 Å². The van der Waals surface area contributed by atoms with E-state index in [9.17, 15) is 9.36 Å². The summed E-state index contributed by atoms with van der Waals surface area (Å²) in [5.74, 6) is -0.000342. The number of hydrogen-bond donors (Lipinski definition) is 0. The van der Waals surface area contributed by atoms with Gasteiger partial charge < -0.3 is 9.05 Å². The Morgan fingerprint density at radius 3 is 2.21 bits per heavy atom. The number of carbonyl (C=O) groups excluding carboxylic acids is 1. The van der Waals surface area contributed by atoms with Crippen LogP contribution in [0.2, 0.25) is 0 Å². The third-order valence-electron chi connectivity index (χ3n) is 1.91. The number of rotatable bonds is 5. The molecule has 0 amide bonds. The van der Waals surface area contributed by atoms with Gasteiger partial charge in [0.2, 0.25) is 0 Å². The Morgan fingerprint density at radius 1 is 1.29 bits per heavy atom. The maximum atomic E-state index is 12.1. The lowest BCUT2D eigenvalue weighted by Gasteiger charge is -2.17. The molecule has 0 aromatic rings. The topological polar surface area (TPSA) is 52.6 Å². The smallest absolute Gasteiger partial charge is 0.306 e. The second-order valence-corrected chi connectivity index (χ2v) is 5.02. The molecule has 4 nitrogen and oxygen atoms in total. The average molecular weight is 218 g/mol. The molecule has 0 radical (unpaired) electrons. The highest BCUT2D eigenvalue weighted by atomic mass is 31.2. The summed E-state index contributed by atoms with van der Waals surface area (Å²) in [4.78, 5) is 11.0. The molecule has 1 aliphatic carbocycles. The van der Waals surface area contributed by atoms with Crippen molar-refractivity contribution in [3.8, 4) is 0 Å². The van der Waals surface area contributed by atoms with E-state index in [4.69, 9.17) is 9.05 Å². The normalized spacial score (nSPS) is 17.3. The maximum Gasteiger partial charge on any atom is 0.357 e. The molecular formula is C9H15O4P. The largest absolute Gasteiger partial charge is 0.357 e. The highest BCUT2D eigenvalue weighted by Gasteiger charge is 2.32. The van der Waals surface area contributed by atoms with Crippen molar-refractivity contribution in [2.45, 2.75) is 26.7 Å². The maximum absolute atomic E-state index is 12.1. The first-order valence-electron chi connectivity index (χ1n) is 4.75. The van der Waals surface area contributed by atoms with Gasteiger partial charge in [-0.3, -0.25) is 9.36 Å². The molecule has 5 heteroatoms. The quantitative estimate of drug-likeness (QED) is 0.665. The third-order valence-corrected chi connectivity index (χ3v) is 4.16. The van der Waals surface area contributed by atoms with Crippen molar-refractivity contribution in [1.29, 1.82) is 0 Å². The van der Waals surface area contributed by atoms with Crippen LogP contribution >= 0.6 is 7.60 Å². The SMILES string of the molecule is CCOP(=O)(OCC)C1=CC(=O)CC1. The van der Waals surface area contributed by atoms with Crippen molar-refractivity contribution in [2.24, 2.45) is 0 Å². The van der Waals surface area contributed by atoms with Gasteiger partial charge in [-0.2, -0.15) is 0 Å². The molecule has 0 saturated heterocycles. The average Bonchev–Trinajstić information content (AvgIpc) is 2.53. The number of allylic oxidation sites excluding steroid dienone is 2. The van der Waals surface area contributed by atoms with Gasteiger partial charge in [0.15, 0.2) is 5.78 Å². The summed E-state index contributed by atoms with van der Waals surface area (Å²) in [5.41, 5.74) is 0. The minimum absolute atomic E-state index is 0.000342. The molecule has 0 spiro atoms. The van der Waals surface area contributed by atoms with Crippen molar-refractivity contribution in [1.82, 2.24) is 0 Å². The molecule has 0 heterocycles. The molecule has 0 aromatic carbocycles. The second kappa shape index (κ2) is 4.87. The van der Waals surface area contributed by atoms with Crippen LogP contribution in [0.1, 0.15) is 26.7 Å². The van der Waals surface area contributed by atoms with Gasteiger partial charge in [0.05, 0.1) is 13.2 Å². The first-order chi connectivity index (χ1) is 6.62. The van der Waals surface area contributed by atoms with Crippen LogP contribution in [0.4, 0.5) is 0 Å². The number of carbonyl (C=O) groups is 1. The van der Waals surface area contributed by atoms with Crippen LogP contribution in [0.15, 0.2) is 11.4 Å². The fourth-order valence-electron chi connectivity index (χ4n) is 1.34. The van der Waals surface area contributed by atoms with E-state index < -0.39 is 7.60 Å². The minimum Gasteiger partial charge on any atom is -0.306 e. The van der Waals surface area contributed by atoms with Crippen molar-refractivity contribution < 1.29 is 18.4 Å². The summed E-state index contributed by atoms with van der Waals surface area (Å²) in [6, 6.07) is 0. The molecule has 0 fully saturated rings. The Bertz CT molecular complexity index is 285. The van der Waals surface area contributed by atoms with E-state index >= 15 is 0 Å². The Morgan fingerprint density at radius 2 is 1.86 bits per heavy atom. The molecule has 80 valence electrons. The highest BCUT2D eigenvalue weighted by Crippen LogP contribution is 2.58. The zero-order valence-corrected chi connectivity index (χ0v) is 9.38. The van der Waals surface area contributed by atoms with Crippen LogP contribution < -0.4 is 0 Å². The van der Waals surface area contributed by atoms with Crippen LogP contribution in [0.25, 0.3) is 0 Å². The molecule has 0 unspecified atom stereocenters. The molecule has 0 aromatic heterocycles. The molecular weight excluding hydrogens is 203 g/mol. The fourth-order valence-corrected chi connectivity index (χ4v) is 3.11. The summed E-state index contributed by atoms with van der Waals surface area (Å²) in [6.07, 6.45) is 2.31. The number of ketones is 1. The van der Waals surface area contributed by atoms with Gasteiger partial charge >= 0.3 is 7.60 Å². The molecule has 1 aliphatic rings. The highest BCUT2D eigenvalue weighted by molar-refractivity contribution is 7.58. The summed E-state index contributed by atoms with van der Waals surface area (Å²) in [5, 5.41) is 0.520. The van der Waals surface area contributed by atoms with Crippen molar-refractivity contribution >= 4 is 13.4 Å². The first kappa shape index (κ1) is 11.6. The lowest BCUT2D eigenvalue weighted by Crippen LogP contribution is -1.97. The molecule has 0 atom stereocenters. The Kier molecular flexibility index (Phi) is 4.05. The zero-order valence-electron chi connectivity index (χ0n) is 8.49. The Balaban J connectivity index is 2.82.